The zero-order valence-electron chi connectivity index (χ0n) is 18.1. The SMILES string of the molecule is CCC(C(=Nc1ccc(Cl)cc1)NC#N)N1CCC2(CC1)COc1cc(C(F)(F)F)ccc12. The van der Waals surface area contributed by atoms with Gasteiger partial charge in [-0.1, -0.05) is 24.6 Å². The van der Waals surface area contributed by atoms with Crippen LogP contribution >= 0.6 is 11.6 Å². The monoisotopic (exact) mass is 476 g/mol. The van der Waals surface area contributed by atoms with Gasteiger partial charge in [0.2, 0.25) is 0 Å². The number of rotatable bonds is 4. The fourth-order valence-electron chi connectivity index (χ4n) is 4.75. The second-order valence-electron chi connectivity index (χ2n) is 8.45. The third-order valence-electron chi connectivity index (χ3n) is 6.54. The first-order chi connectivity index (χ1) is 15.8. The van der Waals surface area contributed by atoms with Gasteiger partial charge in [0.1, 0.15) is 11.6 Å². The Morgan fingerprint density at radius 2 is 1.94 bits per heavy atom. The van der Waals surface area contributed by atoms with Crippen molar-refractivity contribution in [1.29, 1.82) is 5.26 Å². The summed E-state index contributed by atoms with van der Waals surface area (Å²) in [6.45, 7) is 3.86. The van der Waals surface area contributed by atoms with E-state index in [0.29, 0.717) is 28.9 Å². The minimum Gasteiger partial charge on any atom is -0.492 e. The van der Waals surface area contributed by atoms with Crippen molar-refractivity contribution in [2.24, 2.45) is 4.99 Å². The molecule has 0 aliphatic carbocycles. The van der Waals surface area contributed by atoms with E-state index in [2.05, 4.69) is 15.2 Å². The summed E-state index contributed by atoms with van der Waals surface area (Å²) < 4.78 is 44.9. The van der Waals surface area contributed by atoms with Crippen molar-refractivity contribution in [2.75, 3.05) is 19.7 Å². The molecule has 2 heterocycles. The summed E-state index contributed by atoms with van der Waals surface area (Å²) >= 11 is 5.96. The van der Waals surface area contributed by atoms with Gasteiger partial charge in [0, 0.05) is 16.0 Å². The summed E-state index contributed by atoms with van der Waals surface area (Å²) in [4.78, 5) is 6.92. The highest BCUT2D eigenvalue weighted by atomic mass is 35.5. The Morgan fingerprint density at radius 3 is 2.55 bits per heavy atom. The molecule has 2 aliphatic heterocycles. The summed E-state index contributed by atoms with van der Waals surface area (Å²) in [6.07, 6.45) is -0.151. The van der Waals surface area contributed by atoms with Gasteiger partial charge in [-0.3, -0.25) is 10.2 Å². The van der Waals surface area contributed by atoms with Crippen molar-refractivity contribution < 1.29 is 17.9 Å². The number of ether oxygens (including phenoxy) is 1. The van der Waals surface area contributed by atoms with Crippen LogP contribution in [-0.4, -0.2) is 36.5 Å². The Morgan fingerprint density at radius 1 is 1.24 bits per heavy atom. The van der Waals surface area contributed by atoms with Crippen molar-refractivity contribution in [2.45, 2.75) is 43.8 Å². The lowest BCUT2D eigenvalue weighted by Gasteiger charge is -2.42. The molecular weight excluding hydrogens is 453 g/mol. The van der Waals surface area contributed by atoms with Gasteiger partial charge in [-0.05, 0) is 68.8 Å². The van der Waals surface area contributed by atoms with Crippen molar-refractivity contribution in [3.8, 4) is 11.9 Å². The van der Waals surface area contributed by atoms with Crippen LogP contribution < -0.4 is 10.1 Å². The Kier molecular flexibility index (Phi) is 6.55. The largest absolute Gasteiger partial charge is 0.492 e. The highest BCUT2D eigenvalue weighted by Crippen LogP contribution is 2.47. The lowest BCUT2D eigenvalue weighted by atomic mass is 9.74. The van der Waals surface area contributed by atoms with Crippen LogP contribution in [0.5, 0.6) is 5.75 Å². The first kappa shape index (κ1) is 23.4. The minimum atomic E-state index is -4.39. The Labute approximate surface area is 195 Å². The van der Waals surface area contributed by atoms with Crippen LogP contribution in [-0.2, 0) is 11.6 Å². The van der Waals surface area contributed by atoms with Crippen LogP contribution in [0.1, 0.15) is 37.3 Å². The Hall–Kier alpha value is -2.76. The van der Waals surface area contributed by atoms with Gasteiger partial charge in [-0.2, -0.15) is 18.4 Å². The van der Waals surface area contributed by atoms with Crippen LogP contribution in [0.25, 0.3) is 0 Å². The molecule has 174 valence electrons. The maximum atomic E-state index is 13.1. The number of fused-ring (bicyclic) bond motifs is 2. The van der Waals surface area contributed by atoms with E-state index in [1.165, 1.54) is 0 Å². The number of nitriles is 1. The van der Waals surface area contributed by atoms with Crippen molar-refractivity contribution in [3.05, 3.63) is 58.6 Å². The number of hydrogen-bond donors (Lipinski definition) is 1. The van der Waals surface area contributed by atoms with E-state index < -0.39 is 11.7 Å². The number of aliphatic imine (C=N–C) groups is 1. The molecule has 0 amide bonds. The van der Waals surface area contributed by atoms with Crippen molar-refractivity contribution >= 4 is 23.1 Å². The zero-order valence-corrected chi connectivity index (χ0v) is 18.9. The number of piperidine rings is 1. The molecule has 1 saturated heterocycles. The Bertz CT molecular complexity index is 1070. The molecule has 1 spiro atoms. The van der Waals surface area contributed by atoms with Crippen LogP contribution in [0.15, 0.2) is 47.5 Å². The van der Waals surface area contributed by atoms with Crippen LogP contribution in [0.4, 0.5) is 18.9 Å². The normalized spacial score (nSPS) is 19.0. The molecule has 0 aromatic heterocycles. The molecule has 2 aromatic rings. The zero-order chi connectivity index (χ0) is 23.6. The fraction of sp³-hybridized carbons (Fsp3) is 0.417. The summed E-state index contributed by atoms with van der Waals surface area (Å²) in [6, 6.07) is 10.8. The van der Waals surface area contributed by atoms with Gasteiger partial charge in [0.25, 0.3) is 0 Å². The molecule has 0 bridgehead atoms. The molecule has 4 rings (SSSR count). The number of halogens is 4. The van der Waals surface area contributed by atoms with Crippen LogP contribution in [0.2, 0.25) is 5.02 Å². The molecule has 33 heavy (non-hydrogen) atoms. The third kappa shape index (κ3) is 4.80. The number of hydrogen-bond acceptors (Lipinski definition) is 4. The lowest BCUT2D eigenvalue weighted by molar-refractivity contribution is -0.137. The van der Waals surface area contributed by atoms with Gasteiger partial charge >= 0.3 is 6.18 Å². The quantitative estimate of drug-likeness (QED) is 0.267. The molecule has 2 aliphatic rings. The molecule has 0 saturated carbocycles. The van der Waals surface area contributed by atoms with Gasteiger partial charge in [0.15, 0.2) is 6.19 Å². The van der Waals surface area contributed by atoms with Gasteiger partial charge in [-0.15, -0.1) is 0 Å². The first-order valence-electron chi connectivity index (χ1n) is 10.8. The van der Waals surface area contributed by atoms with Gasteiger partial charge < -0.3 is 4.74 Å². The maximum absolute atomic E-state index is 13.1. The molecule has 1 N–H and O–H groups in total. The lowest BCUT2D eigenvalue weighted by Crippen LogP contribution is -2.52. The van der Waals surface area contributed by atoms with Gasteiger partial charge in [-0.25, -0.2) is 4.99 Å². The number of nitrogens with zero attached hydrogens (tertiary/aromatic N) is 3. The topological polar surface area (TPSA) is 60.7 Å². The second kappa shape index (κ2) is 9.24. The van der Waals surface area contributed by atoms with Gasteiger partial charge in [0.05, 0.1) is 23.9 Å². The number of nitrogens with one attached hydrogen (secondary N) is 1. The molecule has 1 atom stereocenters. The van der Waals surface area contributed by atoms with E-state index in [0.717, 1.165) is 50.0 Å². The average molecular weight is 477 g/mol. The van der Waals surface area contributed by atoms with Crippen molar-refractivity contribution in [3.63, 3.8) is 0 Å². The smallest absolute Gasteiger partial charge is 0.416 e. The molecule has 5 nitrogen and oxygen atoms in total. The van der Waals surface area contributed by atoms with Crippen LogP contribution in [0.3, 0.4) is 0 Å². The van der Waals surface area contributed by atoms with E-state index in [1.54, 1.807) is 30.3 Å². The third-order valence-corrected chi connectivity index (χ3v) is 6.79. The fourth-order valence-corrected chi connectivity index (χ4v) is 4.88. The molecule has 1 fully saturated rings. The molecule has 2 aromatic carbocycles. The molecule has 1 unspecified atom stereocenters. The number of amidine groups is 1. The van der Waals surface area contributed by atoms with E-state index in [4.69, 9.17) is 16.3 Å². The minimum absolute atomic E-state index is 0.0907. The first-order valence-corrected chi connectivity index (χ1v) is 11.2. The average Bonchev–Trinajstić information content (AvgIpc) is 3.14. The second-order valence-corrected chi connectivity index (χ2v) is 8.88. The predicted octanol–water partition coefficient (Wildman–Crippen LogP) is 5.66. The Balaban J connectivity index is 1.52. The number of alkyl halides is 3. The molecule has 0 radical (unpaired) electrons. The molecule has 9 heteroatoms. The number of likely N-dealkylation sites (tertiary alicyclic amines) is 1. The summed E-state index contributed by atoms with van der Waals surface area (Å²) in [5, 5.41) is 12.6. The maximum Gasteiger partial charge on any atom is 0.416 e. The highest BCUT2D eigenvalue weighted by molar-refractivity contribution is 6.30. The summed E-state index contributed by atoms with van der Waals surface area (Å²) in [7, 11) is 0. The summed E-state index contributed by atoms with van der Waals surface area (Å²) in [5.74, 6) is 0.901. The highest BCUT2D eigenvalue weighted by Gasteiger charge is 2.45. The standard InChI is InChI=1S/C24H24ClF3N4O/c1-2-20(22(30-15-29)31-18-6-4-17(25)5-7-18)32-11-9-23(10-12-32)14-33-21-13-16(24(26,27)28)3-8-19(21)23/h3-8,13,20H,2,9-12,14H2,1H3,(H,30,31). The molecular formula is C24H24ClF3N4O. The van der Waals surface area contributed by atoms with E-state index in [9.17, 15) is 18.4 Å². The van der Waals surface area contributed by atoms with E-state index in [1.807, 2.05) is 13.1 Å². The van der Waals surface area contributed by atoms with E-state index >= 15 is 0 Å². The number of benzene rings is 2. The van der Waals surface area contributed by atoms with Crippen LogP contribution in [0, 0.1) is 11.5 Å². The van der Waals surface area contributed by atoms with Crippen molar-refractivity contribution in [1.82, 2.24) is 10.2 Å². The predicted molar refractivity (Wildman–Crippen MR) is 121 cm³/mol. The summed E-state index contributed by atoms with van der Waals surface area (Å²) in [5.41, 5.74) is 0.577. The van der Waals surface area contributed by atoms with E-state index in [-0.39, 0.29) is 11.5 Å².